The van der Waals surface area contributed by atoms with Gasteiger partial charge >= 0.3 is 0 Å². The van der Waals surface area contributed by atoms with E-state index in [4.69, 9.17) is 27.1 Å². The fourth-order valence-electron chi connectivity index (χ4n) is 11.9. The standard InChI is InChI=1S/2C42H48N9P3/c2*1-7-19-37(20-8-1)31-43-52(44-32-38-21-9-2-10-22-38)49-53(45-33-39-23-11-3-12-24-39,46-34-40-25-13-4-14-26-40)51-54(50-52,47-35-41-27-15-5-16-28-41)48-36-42-29-17-6-18-30-42/h2*1-30,43-48H,31-36H2. The van der Waals surface area contributed by atoms with Crippen LogP contribution in [0.5, 0.6) is 0 Å². The van der Waals surface area contributed by atoms with E-state index in [0.717, 1.165) is 66.8 Å². The van der Waals surface area contributed by atoms with Crippen molar-refractivity contribution >= 4 is 45.0 Å². The van der Waals surface area contributed by atoms with Gasteiger partial charge in [0.05, 0.1) is 0 Å². The van der Waals surface area contributed by atoms with Gasteiger partial charge in [-0.1, -0.05) is 364 Å². The first kappa shape index (κ1) is 77.7. The third-order valence-electron chi connectivity index (χ3n) is 17.7. The second-order valence-corrected chi connectivity index (χ2v) is 41.3. The number of hydrogen-bond donors (Lipinski definition) is 12. The molecular weight excluding hydrogens is 1450 g/mol. The molecule has 108 heavy (non-hydrogen) atoms. The molecule has 0 spiro atoms. The van der Waals surface area contributed by atoms with Crippen LogP contribution in [-0.2, 0) is 78.5 Å². The van der Waals surface area contributed by atoms with E-state index in [9.17, 15) is 0 Å². The topological polar surface area (TPSA) is 219 Å². The predicted molar refractivity (Wildman–Crippen MR) is 455 cm³/mol. The maximum Gasteiger partial charge on any atom is 0.216 e. The Kier molecular flexibility index (Phi) is 28.6. The highest BCUT2D eigenvalue weighted by molar-refractivity contribution is 7.84. The van der Waals surface area contributed by atoms with Crippen LogP contribution < -0.4 is 61.0 Å². The van der Waals surface area contributed by atoms with Crippen molar-refractivity contribution in [1.29, 1.82) is 0 Å². The molecule has 18 nitrogen and oxygen atoms in total. The first-order valence-corrected chi connectivity index (χ1v) is 46.7. The van der Waals surface area contributed by atoms with Gasteiger partial charge < -0.3 is 0 Å². The van der Waals surface area contributed by atoms with Gasteiger partial charge in [-0.3, -0.25) is 0 Å². The van der Waals surface area contributed by atoms with E-state index in [2.05, 4.69) is 352 Å². The highest BCUT2D eigenvalue weighted by atomic mass is 31.3. The minimum atomic E-state index is -2.94. The maximum atomic E-state index is 5.80. The highest BCUT2D eigenvalue weighted by Gasteiger charge is 2.40. The summed E-state index contributed by atoms with van der Waals surface area (Å²) in [5, 5.41) is 47.1. The van der Waals surface area contributed by atoms with Crippen molar-refractivity contribution in [2.24, 2.45) is 27.1 Å². The zero-order valence-corrected chi connectivity index (χ0v) is 65.9. The largest absolute Gasteiger partial charge is 0.249 e. The molecule has 12 aromatic carbocycles. The molecule has 0 unspecified atom stereocenters. The maximum absolute atomic E-state index is 5.80. The second kappa shape index (κ2) is 39.8. The van der Waals surface area contributed by atoms with Gasteiger partial charge in [-0.2, -0.15) is 27.1 Å². The Morgan fingerprint density at radius 1 is 0.120 bits per heavy atom. The molecule has 0 amide bonds. The van der Waals surface area contributed by atoms with Gasteiger partial charge in [0.25, 0.3) is 0 Å². The van der Waals surface area contributed by atoms with Crippen molar-refractivity contribution in [3.8, 4) is 0 Å². The second-order valence-electron chi connectivity index (χ2n) is 26.0. The number of rotatable bonds is 36. The van der Waals surface area contributed by atoms with Crippen LogP contribution in [0.15, 0.2) is 391 Å². The number of hydrogen-bond acceptors (Lipinski definition) is 18. The lowest BCUT2D eigenvalue weighted by atomic mass is 10.2. The van der Waals surface area contributed by atoms with Gasteiger partial charge in [0.2, 0.25) is 45.0 Å². The van der Waals surface area contributed by atoms with Gasteiger partial charge in [-0.15, -0.1) is 0 Å². The lowest BCUT2D eigenvalue weighted by molar-refractivity contribution is 0.841. The molecule has 0 aliphatic carbocycles. The third-order valence-corrected chi connectivity index (χ3v) is 37.3. The fourth-order valence-corrected chi connectivity index (χ4v) is 35.3. The molecular formula is C84H96N18P6. The molecule has 2 heterocycles. The Morgan fingerprint density at radius 2 is 0.194 bits per heavy atom. The zero-order valence-electron chi connectivity index (χ0n) is 60.5. The number of benzene rings is 12. The molecule has 14 rings (SSSR count). The fraction of sp³-hybridized carbons (Fsp3) is 0.143. The molecule has 0 saturated heterocycles. The number of nitrogens with zero attached hydrogens (tertiary/aromatic N) is 6. The summed E-state index contributed by atoms with van der Waals surface area (Å²) in [5.74, 6) is 0. The molecule has 2 aliphatic rings. The lowest BCUT2D eigenvalue weighted by Gasteiger charge is -2.38. The molecule has 0 radical (unpaired) electrons. The molecule has 0 atom stereocenters. The molecule has 12 aromatic rings. The molecule has 0 aromatic heterocycles. The van der Waals surface area contributed by atoms with Gasteiger partial charge in [-0.25, -0.2) is 61.0 Å². The predicted octanol–water partition coefficient (Wildman–Crippen LogP) is 21.2. The summed E-state index contributed by atoms with van der Waals surface area (Å²) in [6.07, 6.45) is 0. The van der Waals surface area contributed by atoms with Crippen LogP contribution in [0.4, 0.5) is 0 Å². The Labute approximate surface area is 638 Å². The van der Waals surface area contributed by atoms with Crippen molar-refractivity contribution in [3.63, 3.8) is 0 Å². The van der Waals surface area contributed by atoms with E-state index in [1.807, 2.05) is 72.8 Å². The lowest BCUT2D eigenvalue weighted by Crippen LogP contribution is -2.30. The molecule has 12 N–H and O–H groups in total. The summed E-state index contributed by atoms with van der Waals surface area (Å²) in [7, 11) is -17.7. The minimum Gasteiger partial charge on any atom is -0.249 e. The van der Waals surface area contributed by atoms with Crippen molar-refractivity contribution in [2.75, 3.05) is 0 Å². The van der Waals surface area contributed by atoms with E-state index in [1.165, 1.54) is 0 Å². The average Bonchev–Trinajstić information content (AvgIpc) is 0.748. The van der Waals surface area contributed by atoms with Crippen LogP contribution in [0, 0.1) is 0 Å². The van der Waals surface area contributed by atoms with Gasteiger partial charge in [0.15, 0.2) is 0 Å². The Balaban J connectivity index is 0.000000190. The van der Waals surface area contributed by atoms with Crippen LogP contribution in [0.25, 0.3) is 0 Å². The molecule has 0 saturated carbocycles. The van der Waals surface area contributed by atoms with Crippen LogP contribution >= 0.6 is 45.0 Å². The van der Waals surface area contributed by atoms with Crippen LogP contribution in [0.3, 0.4) is 0 Å². The molecule has 0 bridgehead atoms. The van der Waals surface area contributed by atoms with Gasteiger partial charge in [0.1, 0.15) is 0 Å². The summed E-state index contributed by atoms with van der Waals surface area (Å²) in [5.41, 5.74) is 13.9. The van der Waals surface area contributed by atoms with Crippen molar-refractivity contribution in [2.45, 2.75) is 78.5 Å². The van der Waals surface area contributed by atoms with E-state index in [-0.39, 0.29) is 0 Å². The van der Waals surface area contributed by atoms with E-state index in [0.29, 0.717) is 78.5 Å². The number of nitrogens with one attached hydrogen (secondary N) is 12. The smallest absolute Gasteiger partial charge is 0.216 e. The van der Waals surface area contributed by atoms with Crippen molar-refractivity contribution < 1.29 is 0 Å². The van der Waals surface area contributed by atoms with Gasteiger partial charge in [0, 0.05) is 78.5 Å². The minimum absolute atomic E-state index is 0.581. The van der Waals surface area contributed by atoms with Crippen LogP contribution in [0.2, 0.25) is 0 Å². The Morgan fingerprint density at radius 3 is 0.269 bits per heavy atom. The van der Waals surface area contributed by atoms with E-state index in [1.54, 1.807) is 0 Å². The zero-order chi connectivity index (χ0) is 73.6. The van der Waals surface area contributed by atoms with Gasteiger partial charge in [-0.05, 0) is 66.8 Å². The quantitative estimate of drug-likeness (QED) is 0.0165. The van der Waals surface area contributed by atoms with Crippen molar-refractivity contribution in [3.05, 3.63) is 431 Å². The summed E-state index contributed by atoms with van der Waals surface area (Å²) in [4.78, 5) is 0. The summed E-state index contributed by atoms with van der Waals surface area (Å²) in [6.45, 7) is 6.98. The molecule has 552 valence electrons. The third kappa shape index (κ3) is 23.8. The van der Waals surface area contributed by atoms with E-state index < -0.39 is 45.0 Å². The van der Waals surface area contributed by atoms with Crippen LogP contribution in [-0.4, -0.2) is 0 Å². The first-order valence-electron chi connectivity index (χ1n) is 36.5. The molecule has 0 fully saturated rings. The highest BCUT2D eigenvalue weighted by Crippen LogP contribution is 2.73. The Hall–Kier alpha value is -8.46. The van der Waals surface area contributed by atoms with E-state index >= 15 is 0 Å². The molecule has 2 aliphatic heterocycles. The summed E-state index contributed by atoms with van der Waals surface area (Å²) >= 11 is 0. The first-order chi connectivity index (χ1) is 53.2. The Bertz CT molecular complexity index is 3910. The van der Waals surface area contributed by atoms with Crippen LogP contribution in [0.1, 0.15) is 66.8 Å². The normalized spacial score (nSPS) is 15.3. The summed E-state index contributed by atoms with van der Waals surface area (Å²) < 4.78 is 34.8. The SMILES string of the molecule is c1ccc(CNP2(NCc3ccccc3)=NP(NCc3ccccc3)(NCc3ccccc3)=NP(NCc3ccccc3)(NCc3ccccc3)=N2)cc1.c1ccc(CNP2(NCc3ccccc3)=NP(NCc3ccccc3)(NCc3ccccc3)=NP(NCc3ccccc3)(NCc3ccccc3)=N2)cc1. The average molecular weight is 1540 g/mol. The van der Waals surface area contributed by atoms with Crippen molar-refractivity contribution in [1.82, 2.24) is 61.0 Å². The molecule has 24 heteroatoms. The monoisotopic (exact) mass is 1540 g/mol. The summed E-state index contributed by atoms with van der Waals surface area (Å²) in [6, 6.07) is 126.